The number of hydrogen-bond acceptors (Lipinski definition) is 2. The largest absolute Gasteiger partial charge is 0.273 e. The van der Waals surface area contributed by atoms with Crippen LogP contribution in [-0.4, -0.2) is 6.10 Å². The van der Waals surface area contributed by atoms with Gasteiger partial charge in [0.1, 0.15) is 0 Å². The minimum absolute atomic E-state index is 0.236. The van der Waals surface area contributed by atoms with Gasteiger partial charge in [-0.05, 0) is 19.4 Å². The SMILES string of the molecule is C=C/C=C1/CC(C)ON/C1=C\C. The molecule has 1 aliphatic heterocycles. The standard InChI is InChI=1S/C10H15NO/c1-4-6-9-7-8(3)12-11-10(9)5-2/h4-6,8,11H,1,7H2,2-3H3/b9-6-,10-5-. The summed E-state index contributed by atoms with van der Waals surface area (Å²) in [4.78, 5) is 5.26. The molecule has 0 amide bonds. The maximum Gasteiger partial charge on any atom is 0.0866 e. The molecule has 2 heteroatoms. The molecule has 1 rings (SSSR count). The first kappa shape index (κ1) is 9.07. The van der Waals surface area contributed by atoms with E-state index in [9.17, 15) is 0 Å². The van der Waals surface area contributed by atoms with Crippen molar-refractivity contribution >= 4 is 0 Å². The zero-order valence-electron chi connectivity index (χ0n) is 7.63. The summed E-state index contributed by atoms with van der Waals surface area (Å²) < 4.78 is 0. The van der Waals surface area contributed by atoms with E-state index in [0.29, 0.717) is 0 Å². The molecule has 0 aromatic carbocycles. The molecule has 1 saturated heterocycles. The average Bonchev–Trinajstić information content (AvgIpc) is 2.05. The summed E-state index contributed by atoms with van der Waals surface area (Å²) in [6.07, 6.45) is 7.00. The van der Waals surface area contributed by atoms with Crippen LogP contribution >= 0.6 is 0 Å². The number of hydrogen-bond donors (Lipinski definition) is 1. The summed E-state index contributed by atoms with van der Waals surface area (Å²) >= 11 is 0. The van der Waals surface area contributed by atoms with Gasteiger partial charge in [0.15, 0.2) is 0 Å². The van der Waals surface area contributed by atoms with Crippen LogP contribution in [-0.2, 0) is 4.84 Å². The van der Waals surface area contributed by atoms with E-state index in [2.05, 4.69) is 12.1 Å². The highest BCUT2D eigenvalue weighted by Gasteiger charge is 2.15. The van der Waals surface area contributed by atoms with Crippen LogP contribution in [0, 0.1) is 0 Å². The van der Waals surface area contributed by atoms with Gasteiger partial charge in [-0.25, -0.2) is 0 Å². The minimum atomic E-state index is 0.236. The van der Waals surface area contributed by atoms with Gasteiger partial charge in [0.25, 0.3) is 0 Å². The normalized spacial score (nSPS) is 30.3. The van der Waals surface area contributed by atoms with Gasteiger partial charge in [-0.3, -0.25) is 10.3 Å². The van der Waals surface area contributed by atoms with Crippen LogP contribution in [0.4, 0.5) is 0 Å². The minimum Gasteiger partial charge on any atom is -0.273 e. The van der Waals surface area contributed by atoms with Crippen LogP contribution < -0.4 is 5.48 Å². The van der Waals surface area contributed by atoms with Gasteiger partial charge in [0.05, 0.1) is 11.8 Å². The number of rotatable bonds is 1. The molecule has 0 aromatic heterocycles. The lowest BCUT2D eigenvalue weighted by Crippen LogP contribution is -2.29. The van der Waals surface area contributed by atoms with Gasteiger partial charge < -0.3 is 0 Å². The van der Waals surface area contributed by atoms with Gasteiger partial charge in [-0.2, -0.15) is 0 Å². The molecular formula is C10H15NO. The fourth-order valence-electron chi connectivity index (χ4n) is 1.24. The summed E-state index contributed by atoms with van der Waals surface area (Å²) in [5, 5.41) is 0. The molecule has 2 nitrogen and oxygen atoms in total. The summed E-state index contributed by atoms with van der Waals surface area (Å²) in [6, 6.07) is 0. The highest BCUT2D eigenvalue weighted by molar-refractivity contribution is 5.32. The van der Waals surface area contributed by atoms with Crippen molar-refractivity contribution in [3.63, 3.8) is 0 Å². The van der Waals surface area contributed by atoms with E-state index in [0.717, 1.165) is 12.1 Å². The first-order valence-corrected chi connectivity index (χ1v) is 4.18. The third kappa shape index (κ3) is 1.98. The van der Waals surface area contributed by atoms with Crippen LogP contribution in [0.1, 0.15) is 20.3 Å². The molecular weight excluding hydrogens is 150 g/mol. The van der Waals surface area contributed by atoms with Gasteiger partial charge in [-0.15, -0.1) is 0 Å². The van der Waals surface area contributed by atoms with E-state index in [1.54, 1.807) is 6.08 Å². The molecule has 1 aliphatic rings. The predicted molar refractivity (Wildman–Crippen MR) is 50.3 cm³/mol. The zero-order valence-corrected chi connectivity index (χ0v) is 7.63. The van der Waals surface area contributed by atoms with E-state index in [1.165, 1.54) is 5.57 Å². The second-order valence-electron chi connectivity index (χ2n) is 2.86. The Morgan fingerprint density at radius 1 is 1.67 bits per heavy atom. The maximum absolute atomic E-state index is 5.26. The van der Waals surface area contributed by atoms with Crippen molar-refractivity contribution in [2.75, 3.05) is 0 Å². The number of allylic oxidation sites excluding steroid dienone is 4. The van der Waals surface area contributed by atoms with E-state index in [4.69, 9.17) is 4.84 Å². The molecule has 1 unspecified atom stereocenters. The average molecular weight is 165 g/mol. The van der Waals surface area contributed by atoms with Crippen molar-refractivity contribution in [1.29, 1.82) is 0 Å². The third-order valence-electron chi connectivity index (χ3n) is 1.83. The summed E-state index contributed by atoms with van der Waals surface area (Å²) in [6.45, 7) is 7.70. The zero-order chi connectivity index (χ0) is 8.97. The Morgan fingerprint density at radius 3 is 3.00 bits per heavy atom. The lowest BCUT2D eigenvalue weighted by Gasteiger charge is -2.25. The molecule has 0 aliphatic carbocycles. The Hall–Kier alpha value is -1.02. The highest BCUT2D eigenvalue weighted by atomic mass is 16.7. The van der Waals surface area contributed by atoms with Crippen LogP contribution in [0.5, 0.6) is 0 Å². The third-order valence-corrected chi connectivity index (χ3v) is 1.83. The van der Waals surface area contributed by atoms with Gasteiger partial charge in [0, 0.05) is 6.42 Å². The topological polar surface area (TPSA) is 21.3 Å². The van der Waals surface area contributed by atoms with Crippen LogP contribution in [0.2, 0.25) is 0 Å². The van der Waals surface area contributed by atoms with E-state index in [1.807, 2.05) is 26.0 Å². The highest BCUT2D eigenvalue weighted by Crippen LogP contribution is 2.20. The Bertz CT molecular complexity index is 228. The molecule has 12 heavy (non-hydrogen) atoms. The smallest absolute Gasteiger partial charge is 0.0866 e. The number of hydroxylamine groups is 1. The lowest BCUT2D eigenvalue weighted by atomic mass is 10.0. The van der Waals surface area contributed by atoms with Crippen molar-refractivity contribution < 1.29 is 4.84 Å². The molecule has 0 saturated carbocycles. The van der Waals surface area contributed by atoms with Crippen LogP contribution in [0.3, 0.4) is 0 Å². The second-order valence-corrected chi connectivity index (χ2v) is 2.86. The van der Waals surface area contributed by atoms with E-state index < -0.39 is 0 Å². The van der Waals surface area contributed by atoms with Gasteiger partial charge >= 0.3 is 0 Å². The molecule has 1 atom stereocenters. The molecule has 0 aromatic rings. The predicted octanol–water partition coefficient (Wildman–Crippen LogP) is 2.32. The second kappa shape index (κ2) is 4.12. The number of nitrogens with one attached hydrogen (secondary N) is 1. The van der Waals surface area contributed by atoms with E-state index in [-0.39, 0.29) is 6.10 Å². The summed E-state index contributed by atoms with van der Waals surface area (Å²) in [5.74, 6) is 0. The van der Waals surface area contributed by atoms with Gasteiger partial charge in [0.2, 0.25) is 0 Å². The van der Waals surface area contributed by atoms with Crippen LogP contribution in [0.15, 0.2) is 36.1 Å². The Kier molecular flexibility index (Phi) is 3.11. The van der Waals surface area contributed by atoms with Crippen LogP contribution in [0.25, 0.3) is 0 Å². The molecule has 0 spiro atoms. The van der Waals surface area contributed by atoms with Crippen molar-refractivity contribution in [2.45, 2.75) is 26.4 Å². The molecule has 1 fully saturated rings. The van der Waals surface area contributed by atoms with Crippen molar-refractivity contribution in [1.82, 2.24) is 5.48 Å². The molecule has 1 heterocycles. The summed E-state index contributed by atoms with van der Waals surface area (Å²) in [7, 11) is 0. The maximum atomic E-state index is 5.26. The lowest BCUT2D eigenvalue weighted by molar-refractivity contribution is -0.00970. The fourth-order valence-corrected chi connectivity index (χ4v) is 1.24. The first-order chi connectivity index (χ1) is 5.77. The first-order valence-electron chi connectivity index (χ1n) is 4.18. The fraction of sp³-hybridized carbons (Fsp3) is 0.400. The van der Waals surface area contributed by atoms with Crippen molar-refractivity contribution in [2.24, 2.45) is 0 Å². The van der Waals surface area contributed by atoms with Crippen molar-refractivity contribution in [3.05, 3.63) is 36.1 Å². The molecule has 1 N–H and O–H groups in total. The van der Waals surface area contributed by atoms with E-state index >= 15 is 0 Å². The quantitative estimate of drug-likeness (QED) is 0.643. The Morgan fingerprint density at radius 2 is 2.42 bits per heavy atom. The Balaban J connectivity index is 2.78. The molecule has 66 valence electrons. The monoisotopic (exact) mass is 165 g/mol. The Labute approximate surface area is 73.6 Å². The van der Waals surface area contributed by atoms with Crippen molar-refractivity contribution in [3.8, 4) is 0 Å². The summed E-state index contributed by atoms with van der Waals surface area (Å²) in [5.41, 5.74) is 5.20. The van der Waals surface area contributed by atoms with Gasteiger partial charge in [-0.1, -0.05) is 24.8 Å². The molecule has 0 radical (unpaired) electrons. The molecule has 0 bridgehead atoms.